The molecule has 0 bridgehead atoms. The molecule has 0 aliphatic heterocycles. The number of Topliss-reactive ketones (excluding diaryl/α,β-unsaturated/α-hetero) is 1. The first-order valence-electron chi connectivity index (χ1n) is 7.58. The van der Waals surface area contributed by atoms with Gasteiger partial charge in [-0.15, -0.1) is 0 Å². The molecular formula is C17H20N2O5. The van der Waals surface area contributed by atoms with Gasteiger partial charge in [0.05, 0.1) is 36.9 Å². The van der Waals surface area contributed by atoms with E-state index in [0.29, 0.717) is 16.8 Å². The number of hydrogen-bond donors (Lipinski definition) is 0. The third kappa shape index (κ3) is 3.02. The van der Waals surface area contributed by atoms with Crippen molar-refractivity contribution in [2.75, 3.05) is 13.7 Å². The molecule has 0 aliphatic carbocycles. The smallest absolute Gasteiger partial charge is 0.320 e. The molecule has 2 aromatic rings. The summed E-state index contributed by atoms with van der Waals surface area (Å²) in [5.41, 5.74) is -0.331. The SMILES string of the molecule is CCOC(=O)CC(C)(C(=O)OC)C(=O)c1c(C)nn2ccccc12. The van der Waals surface area contributed by atoms with Crippen LogP contribution in [0.1, 0.15) is 36.3 Å². The Bertz CT molecular complexity index is 795. The predicted molar refractivity (Wildman–Crippen MR) is 85.6 cm³/mol. The Morgan fingerprint density at radius 2 is 2.00 bits per heavy atom. The lowest BCUT2D eigenvalue weighted by Gasteiger charge is -2.24. The van der Waals surface area contributed by atoms with Crippen molar-refractivity contribution in [1.82, 2.24) is 9.61 Å². The van der Waals surface area contributed by atoms with Crippen LogP contribution in [-0.4, -0.2) is 41.1 Å². The van der Waals surface area contributed by atoms with Gasteiger partial charge in [-0.1, -0.05) is 6.07 Å². The number of fused-ring (bicyclic) bond motifs is 1. The lowest BCUT2D eigenvalue weighted by molar-refractivity contribution is -0.156. The standard InChI is InChI=1S/C17H20N2O5/c1-5-24-13(20)10-17(3,16(22)23-4)15(21)14-11(2)18-19-9-7-6-8-12(14)19/h6-9H,5,10H2,1-4H3. The Kier molecular flexibility index (Phi) is 5.02. The number of carbonyl (C=O) groups excluding carboxylic acids is 3. The number of rotatable bonds is 6. The quantitative estimate of drug-likeness (QED) is 0.456. The molecule has 7 heteroatoms. The van der Waals surface area contributed by atoms with E-state index in [4.69, 9.17) is 9.47 Å². The summed E-state index contributed by atoms with van der Waals surface area (Å²) in [6, 6.07) is 5.29. The van der Waals surface area contributed by atoms with Gasteiger partial charge in [-0.05, 0) is 32.9 Å². The minimum absolute atomic E-state index is 0.167. The van der Waals surface area contributed by atoms with Crippen LogP contribution >= 0.6 is 0 Å². The van der Waals surface area contributed by atoms with Crippen LogP contribution in [0.25, 0.3) is 5.52 Å². The van der Waals surface area contributed by atoms with E-state index in [1.54, 1.807) is 42.8 Å². The van der Waals surface area contributed by atoms with Gasteiger partial charge < -0.3 is 9.47 Å². The minimum Gasteiger partial charge on any atom is -0.468 e. The Morgan fingerprint density at radius 1 is 1.29 bits per heavy atom. The first-order chi connectivity index (χ1) is 11.3. The third-order valence-electron chi connectivity index (χ3n) is 3.88. The third-order valence-corrected chi connectivity index (χ3v) is 3.88. The zero-order valence-electron chi connectivity index (χ0n) is 14.2. The maximum Gasteiger partial charge on any atom is 0.320 e. The van der Waals surface area contributed by atoms with Gasteiger partial charge in [0, 0.05) is 6.20 Å². The second-order valence-corrected chi connectivity index (χ2v) is 5.63. The summed E-state index contributed by atoms with van der Waals surface area (Å²) in [5, 5.41) is 4.28. The van der Waals surface area contributed by atoms with Crippen molar-refractivity contribution in [1.29, 1.82) is 0 Å². The van der Waals surface area contributed by atoms with Crippen LogP contribution in [0.3, 0.4) is 0 Å². The normalized spacial score (nSPS) is 13.3. The number of ketones is 1. The minimum atomic E-state index is -1.68. The molecule has 128 valence electrons. The van der Waals surface area contributed by atoms with Crippen LogP contribution in [0, 0.1) is 12.3 Å². The highest BCUT2D eigenvalue weighted by atomic mass is 16.5. The molecule has 0 aliphatic rings. The largest absolute Gasteiger partial charge is 0.468 e. The van der Waals surface area contributed by atoms with Crippen molar-refractivity contribution in [3.8, 4) is 0 Å². The van der Waals surface area contributed by atoms with Crippen molar-refractivity contribution in [2.24, 2.45) is 5.41 Å². The van der Waals surface area contributed by atoms with Crippen LogP contribution in [0.15, 0.2) is 24.4 Å². The molecular weight excluding hydrogens is 312 g/mol. The number of methoxy groups -OCH3 is 1. The Balaban J connectivity index is 2.53. The van der Waals surface area contributed by atoms with Gasteiger partial charge in [-0.3, -0.25) is 14.4 Å². The van der Waals surface area contributed by atoms with Crippen LogP contribution in [0.5, 0.6) is 0 Å². The van der Waals surface area contributed by atoms with Crippen LogP contribution < -0.4 is 0 Å². The lowest BCUT2D eigenvalue weighted by atomic mass is 9.79. The van der Waals surface area contributed by atoms with E-state index in [0.717, 1.165) is 0 Å². The van der Waals surface area contributed by atoms with Gasteiger partial charge in [-0.2, -0.15) is 5.10 Å². The monoisotopic (exact) mass is 332 g/mol. The number of hydrogen-bond acceptors (Lipinski definition) is 6. The molecule has 0 saturated carbocycles. The molecule has 0 N–H and O–H groups in total. The van der Waals surface area contributed by atoms with E-state index >= 15 is 0 Å². The summed E-state index contributed by atoms with van der Waals surface area (Å²) in [6.45, 7) is 4.90. The molecule has 2 rings (SSSR count). The summed E-state index contributed by atoms with van der Waals surface area (Å²) in [6.07, 6.45) is 1.32. The highest BCUT2D eigenvalue weighted by Gasteiger charge is 2.46. The van der Waals surface area contributed by atoms with E-state index in [1.165, 1.54) is 14.0 Å². The fourth-order valence-electron chi connectivity index (χ4n) is 2.64. The number of aryl methyl sites for hydroxylation is 1. The maximum atomic E-state index is 13.1. The Labute approximate surface area is 139 Å². The van der Waals surface area contributed by atoms with E-state index in [1.807, 2.05) is 0 Å². The van der Waals surface area contributed by atoms with Crippen LogP contribution in [0.4, 0.5) is 0 Å². The van der Waals surface area contributed by atoms with Gasteiger partial charge in [0.25, 0.3) is 0 Å². The summed E-state index contributed by atoms with van der Waals surface area (Å²) in [5.74, 6) is -1.93. The molecule has 1 atom stereocenters. The fraction of sp³-hybridized carbons (Fsp3) is 0.412. The van der Waals surface area contributed by atoms with Crippen molar-refractivity contribution in [3.05, 3.63) is 35.7 Å². The highest BCUT2D eigenvalue weighted by molar-refractivity contribution is 6.17. The average molecular weight is 332 g/mol. The summed E-state index contributed by atoms with van der Waals surface area (Å²) < 4.78 is 11.2. The van der Waals surface area contributed by atoms with Gasteiger partial charge in [0.2, 0.25) is 0 Å². The van der Waals surface area contributed by atoms with E-state index in [2.05, 4.69) is 5.10 Å². The topological polar surface area (TPSA) is 87.0 Å². The van der Waals surface area contributed by atoms with E-state index < -0.39 is 29.6 Å². The molecule has 1 unspecified atom stereocenters. The summed E-state index contributed by atoms with van der Waals surface area (Å²) >= 11 is 0. The molecule has 0 spiro atoms. The first-order valence-corrected chi connectivity index (χ1v) is 7.58. The molecule has 7 nitrogen and oxygen atoms in total. The second-order valence-electron chi connectivity index (χ2n) is 5.63. The molecule has 0 saturated heterocycles. The maximum absolute atomic E-state index is 13.1. The van der Waals surface area contributed by atoms with Gasteiger partial charge >= 0.3 is 11.9 Å². The first kappa shape index (κ1) is 17.7. The van der Waals surface area contributed by atoms with Crippen molar-refractivity contribution in [2.45, 2.75) is 27.2 Å². The molecule has 2 aromatic heterocycles. The Morgan fingerprint density at radius 3 is 2.62 bits per heavy atom. The van der Waals surface area contributed by atoms with Crippen LogP contribution in [-0.2, 0) is 19.1 Å². The Hall–Kier alpha value is -2.70. The number of ether oxygens (including phenoxy) is 2. The van der Waals surface area contributed by atoms with Gasteiger partial charge in [0.1, 0.15) is 5.41 Å². The van der Waals surface area contributed by atoms with Gasteiger partial charge in [-0.25, -0.2) is 4.52 Å². The van der Waals surface area contributed by atoms with Crippen molar-refractivity contribution < 1.29 is 23.9 Å². The van der Waals surface area contributed by atoms with E-state index in [-0.39, 0.29) is 6.61 Å². The fourth-order valence-corrected chi connectivity index (χ4v) is 2.64. The average Bonchev–Trinajstić information content (AvgIpc) is 2.88. The highest BCUT2D eigenvalue weighted by Crippen LogP contribution is 2.32. The lowest BCUT2D eigenvalue weighted by Crippen LogP contribution is -2.40. The van der Waals surface area contributed by atoms with Crippen molar-refractivity contribution >= 4 is 23.2 Å². The zero-order valence-corrected chi connectivity index (χ0v) is 14.2. The molecule has 0 radical (unpaired) electrons. The number of pyridine rings is 1. The van der Waals surface area contributed by atoms with Crippen molar-refractivity contribution in [3.63, 3.8) is 0 Å². The molecule has 2 heterocycles. The second kappa shape index (κ2) is 6.82. The molecule has 24 heavy (non-hydrogen) atoms. The molecule has 0 amide bonds. The zero-order chi connectivity index (χ0) is 17.9. The number of carbonyl (C=O) groups is 3. The van der Waals surface area contributed by atoms with Crippen LogP contribution in [0.2, 0.25) is 0 Å². The van der Waals surface area contributed by atoms with E-state index in [9.17, 15) is 14.4 Å². The summed E-state index contributed by atoms with van der Waals surface area (Å²) in [7, 11) is 1.18. The van der Waals surface area contributed by atoms with Gasteiger partial charge in [0.15, 0.2) is 5.78 Å². The summed E-state index contributed by atoms with van der Waals surface area (Å²) in [4.78, 5) is 37.3. The predicted octanol–water partition coefficient (Wildman–Crippen LogP) is 1.96. The molecule has 0 aromatic carbocycles. The number of esters is 2. The molecule has 0 fully saturated rings. The number of nitrogens with zero attached hydrogens (tertiary/aromatic N) is 2. The number of aromatic nitrogens is 2.